The van der Waals surface area contributed by atoms with Crippen LogP contribution in [0.25, 0.3) is 43.4 Å². The Labute approximate surface area is 611 Å². The molecular weight excluding hydrogens is 1590 g/mol. The van der Waals surface area contributed by atoms with Gasteiger partial charge in [-0.15, -0.1) is 11.8 Å². The predicted octanol–water partition coefficient (Wildman–Crippen LogP) is 12.2. The molecule has 0 saturated carbocycles. The SMILES string of the molecule is COc1ccc(CC(=O)OCC(F)(F)S(=O)(=O)O)cc1.O=C(CSc1ccccc1)OCC(F)(F)S(=O)(=O)O.O=C(OCC(F)(F)S(=O)(=O)O)c1c2ccccc2cc2ccccc12.O=C(OCC(F)(F)S(=O)(=O)O)c1ccc(-c2ccccc2)cc1.O=C(OCC(F)(F)S(=O)(=O)O)c1ccc2ccccc2c1. The Morgan fingerprint density at radius 1 is 0.352 bits per heavy atom. The van der Waals surface area contributed by atoms with Crippen LogP contribution in [0.4, 0.5) is 43.9 Å². The summed E-state index contributed by atoms with van der Waals surface area (Å²) in [5.41, 5.74) is 2.23. The minimum Gasteiger partial charge on any atom is -0.497 e. The van der Waals surface area contributed by atoms with Crippen LogP contribution in [-0.2, 0) is 90.3 Å². The third kappa shape index (κ3) is 26.2. The van der Waals surface area contributed by atoms with E-state index in [2.05, 4.69) is 23.7 Å². The van der Waals surface area contributed by atoms with Gasteiger partial charge in [0.1, 0.15) is 5.75 Å². The molecule has 0 unspecified atom stereocenters. The van der Waals surface area contributed by atoms with Crippen molar-refractivity contribution >= 4 is 125 Å². The summed E-state index contributed by atoms with van der Waals surface area (Å²) in [6.07, 6.45) is -0.314. The molecule has 0 radical (unpaired) electrons. The van der Waals surface area contributed by atoms with Crippen molar-refractivity contribution < 1.29 is 161 Å². The number of alkyl halides is 10. The van der Waals surface area contributed by atoms with Gasteiger partial charge in [0.15, 0.2) is 33.0 Å². The molecule has 0 saturated heterocycles. The summed E-state index contributed by atoms with van der Waals surface area (Å²) in [7, 11) is -26.7. The van der Waals surface area contributed by atoms with Gasteiger partial charge in [0.25, 0.3) is 0 Å². The van der Waals surface area contributed by atoms with Gasteiger partial charge in [-0.05, 0) is 104 Å². The van der Waals surface area contributed by atoms with Crippen LogP contribution >= 0.6 is 11.8 Å². The number of halogens is 10. The molecule has 0 bridgehead atoms. The first-order valence-corrected chi connectivity index (χ1v) is 37.6. The molecule has 0 atom stereocenters. The fraction of sp³-hybridized carbons (Fsp3) is 0.197. The molecule has 0 amide bonds. The number of hydrogen-bond acceptors (Lipinski definition) is 22. The van der Waals surface area contributed by atoms with E-state index < -0.39 is 140 Å². The van der Waals surface area contributed by atoms with E-state index in [0.717, 1.165) is 33.2 Å². The number of methoxy groups -OCH3 is 1. The van der Waals surface area contributed by atoms with E-state index >= 15 is 0 Å². The van der Waals surface area contributed by atoms with E-state index in [1.165, 1.54) is 43.5 Å². The lowest BCUT2D eigenvalue weighted by Crippen LogP contribution is -2.34. The summed E-state index contributed by atoms with van der Waals surface area (Å²) in [5, 5.41) is -18.8. The number of benzene rings is 9. The summed E-state index contributed by atoms with van der Waals surface area (Å²) < 4.78 is 301. The summed E-state index contributed by atoms with van der Waals surface area (Å²) in [6, 6.07) is 57.1. The number of rotatable bonds is 25. The number of hydrogen-bond donors (Lipinski definition) is 5. The fourth-order valence-corrected chi connectivity index (χ4v) is 9.79. The molecule has 108 heavy (non-hydrogen) atoms. The van der Waals surface area contributed by atoms with Crippen LogP contribution in [0.3, 0.4) is 0 Å². The Bertz CT molecular complexity index is 5190. The van der Waals surface area contributed by atoms with E-state index in [0.29, 0.717) is 38.2 Å². The Balaban J connectivity index is 0.000000243. The highest BCUT2D eigenvalue weighted by Crippen LogP contribution is 2.32. The van der Waals surface area contributed by atoms with Crippen molar-refractivity contribution in [1.82, 2.24) is 0 Å². The quantitative estimate of drug-likeness (QED) is 0.00886. The number of thioether (sulfide) groups is 1. The van der Waals surface area contributed by atoms with E-state index in [1.54, 1.807) is 133 Å². The van der Waals surface area contributed by atoms with Crippen LogP contribution in [0.2, 0.25) is 0 Å². The molecule has 0 fully saturated rings. The second-order valence-electron chi connectivity index (χ2n) is 21.4. The predicted molar refractivity (Wildman–Crippen MR) is 366 cm³/mol. The van der Waals surface area contributed by atoms with Crippen LogP contribution < -0.4 is 4.74 Å². The van der Waals surface area contributed by atoms with Crippen molar-refractivity contribution in [2.45, 2.75) is 37.6 Å². The molecule has 9 aromatic rings. The average molecular weight is 1650 g/mol. The van der Waals surface area contributed by atoms with Gasteiger partial charge >= 0.3 is 107 Å². The highest BCUT2D eigenvalue weighted by Gasteiger charge is 2.49. The zero-order chi connectivity index (χ0) is 80.9. The van der Waals surface area contributed by atoms with Crippen molar-refractivity contribution in [2.75, 3.05) is 45.9 Å². The summed E-state index contributed by atoms with van der Waals surface area (Å²) in [4.78, 5) is 58.8. The van der Waals surface area contributed by atoms with Crippen LogP contribution in [0.1, 0.15) is 36.6 Å². The zero-order valence-electron chi connectivity index (χ0n) is 54.6. The summed E-state index contributed by atoms with van der Waals surface area (Å²) >= 11 is 1.06. The minimum atomic E-state index is -5.68. The third-order valence-electron chi connectivity index (χ3n) is 13.6. The molecule has 9 aromatic carbocycles. The maximum atomic E-state index is 13.3. The van der Waals surface area contributed by atoms with Crippen LogP contribution in [0.5, 0.6) is 5.75 Å². The molecule has 582 valence electrons. The maximum Gasteiger partial charge on any atom is 0.402 e. The lowest BCUT2D eigenvalue weighted by molar-refractivity contribution is -0.149. The van der Waals surface area contributed by atoms with Gasteiger partial charge in [-0.2, -0.15) is 86.0 Å². The zero-order valence-corrected chi connectivity index (χ0v) is 59.5. The number of ether oxygens (including phenoxy) is 6. The first-order valence-electron chi connectivity index (χ1n) is 29.4. The van der Waals surface area contributed by atoms with Crippen LogP contribution in [0, 0.1) is 0 Å². The normalized spacial score (nSPS) is 12.2. The van der Waals surface area contributed by atoms with Gasteiger partial charge in [-0.3, -0.25) is 32.4 Å². The second-order valence-corrected chi connectivity index (χ2v) is 30.2. The first kappa shape index (κ1) is 88.7. The number of fused-ring (bicyclic) bond motifs is 3. The van der Waals surface area contributed by atoms with Gasteiger partial charge in [0, 0.05) is 4.90 Å². The topological polar surface area (TPSA) is 413 Å². The largest absolute Gasteiger partial charge is 0.497 e. The van der Waals surface area contributed by atoms with Crippen molar-refractivity contribution in [2.24, 2.45) is 0 Å². The fourth-order valence-electron chi connectivity index (χ4n) is 8.03. The van der Waals surface area contributed by atoms with Gasteiger partial charge < -0.3 is 28.4 Å². The number of carbonyl (C=O) groups excluding carboxylic acids is 5. The first-order chi connectivity index (χ1) is 50.0. The standard InChI is InChI=1S/C17H12F2O5S.C15H12F2O5S.C13H10F2O5S.C11H12F2O6S.C10H10F2O5S2/c18-17(19,25(21,22)23)10-24-16(20)15-13-7-3-1-5-11(13)9-12-6-2-4-8-14(12)15;16-15(17,23(19,20)21)10-22-14(18)13-8-6-12(7-9-13)11-4-2-1-3-5-11;14-13(15,21(17,18)19)8-20-12(16)11-6-5-9-3-1-2-4-10(9)7-11;1-18-9-4-2-8(3-5-9)6-10(14)19-7-11(12,13)20(15,16)17;11-10(12,19(14,15)16)7-17-9(13)6-18-8-4-2-1-3-5-8/h1-9H,10H2,(H,21,22,23);1-9H,10H2,(H,19,20,21);1-7H,8H2,(H,17,18,19);2-5H,6-7H2,1H3,(H,15,16,17);1-5H,6-7H2,(H,14,15,16). The number of esters is 5. The van der Waals surface area contributed by atoms with E-state index in [4.69, 9.17) is 27.5 Å². The summed E-state index contributed by atoms with van der Waals surface area (Å²) in [6.45, 7) is -8.73. The summed E-state index contributed by atoms with van der Waals surface area (Å²) in [5.74, 6) is -5.06. The Hall–Kier alpha value is -9.89. The molecule has 0 heterocycles. The van der Waals surface area contributed by atoms with Crippen LogP contribution in [-0.4, -0.2) is 167 Å². The lowest BCUT2D eigenvalue weighted by atomic mass is 9.97. The second kappa shape index (κ2) is 37.3. The van der Waals surface area contributed by atoms with Crippen molar-refractivity contribution in [3.63, 3.8) is 0 Å². The highest BCUT2D eigenvalue weighted by atomic mass is 32.2. The molecule has 0 aliphatic rings. The lowest BCUT2D eigenvalue weighted by Gasteiger charge is -2.15. The van der Waals surface area contributed by atoms with Gasteiger partial charge in [0.2, 0.25) is 0 Å². The van der Waals surface area contributed by atoms with E-state index in [9.17, 15) is 110 Å². The third-order valence-corrected chi connectivity index (χ3v) is 18.9. The van der Waals surface area contributed by atoms with Crippen molar-refractivity contribution in [3.8, 4) is 16.9 Å². The number of carbonyl (C=O) groups is 5. The van der Waals surface area contributed by atoms with Gasteiger partial charge in [-0.25, -0.2) is 14.4 Å². The van der Waals surface area contributed by atoms with Gasteiger partial charge in [0.05, 0.1) is 36.0 Å². The molecule has 42 heteroatoms. The maximum absolute atomic E-state index is 13.3. The van der Waals surface area contributed by atoms with Gasteiger partial charge in [-0.1, -0.05) is 152 Å². The molecule has 0 aliphatic heterocycles. The average Bonchev–Trinajstić information content (AvgIpc) is 0.766. The van der Waals surface area contributed by atoms with Crippen molar-refractivity contribution in [1.29, 1.82) is 0 Å². The Kier molecular flexibility index (Phi) is 30.6. The van der Waals surface area contributed by atoms with Crippen LogP contribution in [0.15, 0.2) is 211 Å². The highest BCUT2D eigenvalue weighted by molar-refractivity contribution is 8.00. The minimum absolute atomic E-state index is 0.000150. The molecule has 0 aromatic heterocycles. The molecular formula is C66H56F10O26S6. The monoisotopic (exact) mass is 1650 g/mol. The van der Waals surface area contributed by atoms with E-state index in [-0.39, 0.29) is 28.9 Å². The Morgan fingerprint density at radius 2 is 0.694 bits per heavy atom. The molecule has 5 N–H and O–H groups in total. The smallest absolute Gasteiger partial charge is 0.402 e. The van der Waals surface area contributed by atoms with Crippen molar-refractivity contribution in [3.05, 3.63) is 229 Å². The molecule has 0 spiro atoms. The molecule has 26 nitrogen and oxygen atoms in total. The van der Waals surface area contributed by atoms with E-state index in [1.807, 2.05) is 36.4 Å². The molecule has 9 rings (SSSR count). The Morgan fingerprint density at radius 3 is 1.12 bits per heavy atom. The molecule has 0 aliphatic carbocycles.